The molecule has 0 spiro atoms. The Morgan fingerprint density at radius 1 is 1.63 bits per heavy atom. The number of amides is 1. The molecule has 1 amide bonds. The number of carbonyl (C=O) groups excluding carboxylic acids is 1. The van der Waals surface area contributed by atoms with E-state index >= 15 is 0 Å². The van der Waals surface area contributed by atoms with Gasteiger partial charge in [0.2, 0.25) is 0 Å². The number of aryl methyl sites for hydroxylation is 1. The molecule has 1 atom stereocenters. The highest BCUT2D eigenvalue weighted by atomic mass is 32.1. The van der Waals surface area contributed by atoms with Gasteiger partial charge in [0, 0.05) is 18.0 Å². The van der Waals surface area contributed by atoms with E-state index in [1.165, 1.54) is 24.2 Å². The number of aromatic nitrogens is 1. The van der Waals surface area contributed by atoms with E-state index in [4.69, 9.17) is 0 Å². The smallest absolute Gasteiger partial charge is 0.273 e. The van der Waals surface area contributed by atoms with E-state index in [2.05, 4.69) is 24.1 Å². The van der Waals surface area contributed by atoms with Crippen LogP contribution >= 0.6 is 11.3 Å². The summed E-state index contributed by atoms with van der Waals surface area (Å²) < 4.78 is 0. The first-order valence-corrected chi connectivity index (χ1v) is 7.89. The molecule has 1 saturated heterocycles. The van der Waals surface area contributed by atoms with Crippen molar-refractivity contribution in [3.8, 4) is 0 Å². The summed E-state index contributed by atoms with van der Waals surface area (Å²) in [5.41, 5.74) is 0.597. The Morgan fingerprint density at radius 2 is 2.42 bits per heavy atom. The standard InChI is InChI=1S/C14H23N3OS/c1-10(2)17(8-12-5-4-6-15-7-12)14(18)13-9-19-11(3)16-13/h9-10,12,15H,4-8H2,1-3H3. The van der Waals surface area contributed by atoms with Crippen molar-refractivity contribution in [2.75, 3.05) is 19.6 Å². The molecule has 1 unspecified atom stereocenters. The van der Waals surface area contributed by atoms with Gasteiger partial charge >= 0.3 is 0 Å². The predicted molar refractivity (Wildman–Crippen MR) is 78.6 cm³/mol. The number of carbonyl (C=O) groups is 1. The minimum atomic E-state index is 0.0740. The lowest BCUT2D eigenvalue weighted by atomic mass is 9.98. The van der Waals surface area contributed by atoms with Gasteiger partial charge in [0.1, 0.15) is 5.69 Å². The molecule has 1 N–H and O–H groups in total. The van der Waals surface area contributed by atoms with Gasteiger partial charge in [-0.2, -0.15) is 0 Å². The van der Waals surface area contributed by atoms with E-state index in [0.29, 0.717) is 11.6 Å². The van der Waals surface area contributed by atoms with Gasteiger partial charge in [-0.1, -0.05) is 0 Å². The number of hydrogen-bond acceptors (Lipinski definition) is 4. The van der Waals surface area contributed by atoms with Crippen LogP contribution in [0.1, 0.15) is 42.2 Å². The van der Waals surface area contributed by atoms with Crippen LogP contribution in [0.4, 0.5) is 0 Å². The number of thiazole rings is 1. The summed E-state index contributed by atoms with van der Waals surface area (Å²) in [6, 6.07) is 0.219. The third-order valence-corrected chi connectivity index (χ3v) is 4.35. The lowest BCUT2D eigenvalue weighted by molar-refractivity contribution is 0.0655. The molecule has 19 heavy (non-hydrogen) atoms. The van der Waals surface area contributed by atoms with E-state index in [0.717, 1.165) is 24.6 Å². The monoisotopic (exact) mass is 281 g/mol. The zero-order valence-electron chi connectivity index (χ0n) is 12.0. The molecule has 2 heterocycles. The second-order valence-electron chi connectivity index (χ2n) is 5.52. The van der Waals surface area contributed by atoms with Crippen LogP contribution in [0.15, 0.2) is 5.38 Å². The highest BCUT2D eigenvalue weighted by molar-refractivity contribution is 7.09. The maximum atomic E-state index is 12.5. The van der Waals surface area contributed by atoms with Crippen molar-refractivity contribution in [3.05, 3.63) is 16.1 Å². The van der Waals surface area contributed by atoms with Gasteiger partial charge in [0.05, 0.1) is 5.01 Å². The fourth-order valence-corrected chi connectivity index (χ4v) is 3.08. The second kappa shape index (κ2) is 6.48. The summed E-state index contributed by atoms with van der Waals surface area (Å²) in [5.74, 6) is 0.643. The van der Waals surface area contributed by atoms with Crippen molar-refractivity contribution in [2.45, 2.75) is 39.7 Å². The van der Waals surface area contributed by atoms with Gasteiger partial charge in [0.25, 0.3) is 5.91 Å². The molecule has 1 aromatic heterocycles. The molecule has 0 radical (unpaired) electrons. The fraction of sp³-hybridized carbons (Fsp3) is 0.714. The summed E-state index contributed by atoms with van der Waals surface area (Å²) in [5, 5.41) is 6.23. The van der Waals surface area contributed by atoms with Crippen molar-refractivity contribution in [1.29, 1.82) is 0 Å². The van der Waals surface area contributed by atoms with Crippen LogP contribution in [0.25, 0.3) is 0 Å². The molecule has 1 aliphatic rings. The lowest BCUT2D eigenvalue weighted by Gasteiger charge is -2.32. The highest BCUT2D eigenvalue weighted by Gasteiger charge is 2.25. The topological polar surface area (TPSA) is 45.2 Å². The minimum Gasteiger partial charge on any atom is -0.335 e. The summed E-state index contributed by atoms with van der Waals surface area (Å²) in [6.45, 7) is 9.05. The van der Waals surface area contributed by atoms with E-state index in [1.54, 1.807) is 0 Å². The van der Waals surface area contributed by atoms with Crippen LogP contribution in [-0.2, 0) is 0 Å². The number of hydrogen-bond donors (Lipinski definition) is 1. The number of nitrogens with zero attached hydrogens (tertiary/aromatic N) is 2. The van der Waals surface area contributed by atoms with Gasteiger partial charge in [-0.05, 0) is 52.6 Å². The molecule has 0 saturated carbocycles. The van der Waals surface area contributed by atoms with Crippen molar-refractivity contribution < 1.29 is 4.79 Å². The summed E-state index contributed by atoms with van der Waals surface area (Å²) in [4.78, 5) is 18.8. The van der Waals surface area contributed by atoms with Crippen LogP contribution < -0.4 is 5.32 Å². The zero-order chi connectivity index (χ0) is 13.8. The molecular weight excluding hydrogens is 258 g/mol. The first-order chi connectivity index (χ1) is 9.08. The van der Waals surface area contributed by atoms with Gasteiger partial charge in [-0.15, -0.1) is 11.3 Å². The van der Waals surface area contributed by atoms with E-state index in [1.807, 2.05) is 17.2 Å². The van der Waals surface area contributed by atoms with Crippen LogP contribution in [0.3, 0.4) is 0 Å². The third kappa shape index (κ3) is 3.76. The van der Waals surface area contributed by atoms with E-state index in [9.17, 15) is 4.79 Å². The molecule has 5 heteroatoms. The lowest BCUT2D eigenvalue weighted by Crippen LogP contribution is -2.44. The Bertz CT molecular complexity index is 424. The van der Waals surface area contributed by atoms with Gasteiger partial charge in [0.15, 0.2) is 0 Å². The van der Waals surface area contributed by atoms with Crippen molar-refractivity contribution in [1.82, 2.24) is 15.2 Å². The first kappa shape index (κ1) is 14.5. The maximum Gasteiger partial charge on any atom is 0.273 e. The Labute approximate surface area is 119 Å². The van der Waals surface area contributed by atoms with Gasteiger partial charge in [-0.3, -0.25) is 4.79 Å². The van der Waals surface area contributed by atoms with Crippen LogP contribution in [0.2, 0.25) is 0 Å². The molecule has 0 aliphatic carbocycles. The molecule has 1 fully saturated rings. The SMILES string of the molecule is Cc1nc(C(=O)N(CC2CCCNC2)C(C)C)cs1. The highest BCUT2D eigenvalue weighted by Crippen LogP contribution is 2.17. The Kier molecular flexibility index (Phi) is 4.93. The Balaban J connectivity index is 2.04. The van der Waals surface area contributed by atoms with E-state index < -0.39 is 0 Å². The molecule has 0 bridgehead atoms. The van der Waals surface area contributed by atoms with Crippen LogP contribution in [-0.4, -0.2) is 41.5 Å². The summed E-state index contributed by atoms with van der Waals surface area (Å²) in [7, 11) is 0. The van der Waals surface area contributed by atoms with Crippen molar-refractivity contribution in [2.24, 2.45) is 5.92 Å². The maximum absolute atomic E-state index is 12.5. The number of rotatable bonds is 4. The molecule has 2 rings (SSSR count). The zero-order valence-corrected chi connectivity index (χ0v) is 12.8. The second-order valence-corrected chi connectivity index (χ2v) is 6.58. The fourth-order valence-electron chi connectivity index (χ4n) is 2.50. The molecule has 106 valence electrons. The first-order valence-electron chi connectivity index (χ1n) is 7.01. The number of nitrogens with one attached hydrogen (secondary N) is 1. The molecule has 1 aromatic rings. The predicted octanol–water partition coefficient (Wildman–Crippen LogP) is 2.30. The van der Waals surface area contributed by atoms with Crippen molar-refractivity contribution in [3.63, 3.8) is 0 Å². The molecule has 4 nitrogen and oxygen atoms in total. The minimum absolute atomic E-state index is 0.0740. The van der Waals surface area contributed by atoms with Gasteiger partial charge < -0.3 is 10.2 Å². The van der Waals surface area contributed by atoms with E-state index in [-0.39, 0.29) is 11.9 Å². The summed E-state index contributed by atoms with van der Waals surface area (Å²) in [6.07, 6.45) is 2.42. The third-order valence-electron chi connectivity index (χ3n) is 3.58. The van der Waals surface area contributed by atoms with Gasteiger partial charge in [-0.25, -0.2) is 4.98 Å². The summed E-state index contributed by atoms with van der Waals surface area (Å²) >= 11 is 1.54. The van der Waals surface area contributed by atoms with Crippen LogP contribution in [0, 0.1) is 12.8 Å². The van der Waals surface area contributed by atoms with Crippen molar-refractivity contribution >= 4 is 17.2 Å². The largest absolute Gasteiger partial charge is 0.335 e. The molecule has 0 aromatic carbocycles. The van der Waals surface area contributed by atoms with Crippen LogP contribution in [0.5, 0.6) is 0 Å². The average Bonchev–Trinajstić information content (AvgIpc) is 2.83. The molecule has 1 aliphatic heterocycles. The quantitative estimate of drug-likeness (QED) is 0.921. The molecular formula is C14H23N3OS. The normalized spacial score (nSPS) is 19.7. The Morgan fingerprint density at radius 3 is 2.95 bits per heavy atom. The number of piperidine rings is 1. The Hall–Kier alpha value is -0.940. The average molecular weight is 281 g/mol.